The van der Waals surface area contributed by atoms with Crippen LogP contribution < -0.4 is 10.6 Å². The van der Waals surface area contributed by atoms with Crippen LogP contribution in [0.2, 0.25) is 0 Å². The summed E-state index contributed by atoms with van der Waals surface area (Å²) in [6, 6.07) is 25.5. The molecule has 3 aromatic carbocycles. The van der Waals surface area contributed by atoms with Gasteiger partial charge in [0.25, 0.3) is 5.91 Å². The lowest BCUT2D eigenvalue weighted by molar-refractivity contribution is -0.117. The quantitative estimate of drug-likeness (QED) is 0.402. The van der Waals surface area contributed by atoms with E-state index in [-0.39, 0.29) is 17.7 Å². The van der Waals surface area contributed by atoms with Crippen LogP contribution in [0.25, 0.3) is 11.1 Å². The Hall–Kier alpha value is -4.19. The number of rotatable bonds is 8. The topological polar surface area (TPSA) is 76.0 Å². The molecule has 0 spiro atoms. The lowest BCUT2D eigenvalue weighted by atomic mass is 9.98. The van der Waals surface area contributed by atoms with Crippen LogP contribution in [0.15, 0.2) is 91.3 Å². The van der Waals surface area contributed by atoms with Crippen molar-refractivity contribution in [2.45, 2.75) is 25.9 Å². The minimum Gasteiger partial charge on any atom is -0.348 e. The molecule has 2 amide bonds. The van der Waals surface area contributed by atoms with E-state index in [1.165, 1.54) is 5.56 Å². The average molecular weight is 451 g/mol. The number of hydrogen-bond acceptors (Lipinski definition) is 3. The van der Waals surface area contributed by atoms with Gasteiger partial charge in [-0.3, -0.25) is 14.3 Å². The molecule has 1 saturated carbocycles. The summed E-state index contributed by atoms with van der Waals surface area (Å²) < 4.78 is 1.89. The van der Waals surface area contributed by atoms with Crippen LogP contribution in [0.3, 0.4) is 0 Å². The first kappa shape index (κ1) is 21.6. The standard InChI is InChI=1S/C28H26N4O2/c33-27(23-6-3-7-25(17-23)31-28(34)22-13-14-22)29-18-24-5-1-2-8-26(24)21-11-9-20(10-12-21)19-32-16-4-15-30-32/h1-12,15-17,22H,13-14,18-19H2,(H,29,33)(H,31,34). The fourth-order valence-electron chi connectivity index (χ4n) is 3.93. The van der Waals surface area contributed by atoms with Crippen molar-refractivity contribution in [3.63, 3.8) is 0 Å². The summed E-state index contributed by atoms with van der Waals surface area (Å²) in [5.41, 5.74) is 5.56. The van der Waals surface area contributed by atoms with E-state index < -0.39 is 0 Å². The molecule has 5 rings (SSSR count). The molecule has 1 fully saturated rings. The highest BCUT2D eigenvalue weighted by Gasteiger charge is 2.29. The highest BCUT2D eigenvalue weighted by Crippen LogP contribution is 2.30. The number of carbonyl (C=O) groups excluding carboxylic acids is 2. The molecular formula is C28H26N4O2. The van der Waals surface area contributed by atoms with Crippen molar-refractivity contribution < 1.29 is 9.59 Å². The molecular weight excluding hydrogens is 424 g/mol. The lowest BCUT2D eigenvalue weighted by Crippen LogP contribution is -2.23. The zero-order valence-electron chi connectivity index (χ0n) is 18.8. The third-order valence-electron chi connectivity index (χ3n) is 5.97. The monoisotopic (exact) mass is 450 g/mol. The van der Waals surface area contributed by atoms with Gasteiger partial charge in [0, 0.05) is 36.1 Å². The van der Waals surface area contributed by atoms with Gasteiger partial charge < -0.3 is 10.6 Å². The molecule has 2 N–H and O–H groups in total. The molecule has 4 aromatic rings. The molecule has 0 bridgehead atoms. The molecule has 0 atom stereocenters. The van der Waals surface area contributed by atoms with Crippen LogP contribution >= 0.6 is 0 Å². The fraction of sp³-hybridized carbons (Fsp3) is 0.179. The SMILES string of the molecule is O=C(NCc1ccccc1-c1ccc(Cn2cccn2)cc1)c1cccc(NC(=O)C2CC2)c1. The number of nitrogens with zero attached hydrogens (tertiary/aromatic N) is 2. The van der Waals surface area contributed by atoms with E-state index in [1.54, 1.807) is 24.4 Å². The molecule has 6 nitrogen and oxygen atoms in total. The number of hydrogen-bond donors (Lipinski definition) is 2. The summed E-state index contributed by atoms with van der Waals surface area (Å²) in [5.74, 6) is -0.0253. The van der Waals surface area contributed by atoms with E-state index in [0.717, 1.165) is 36.1 Å². The van der Waals surface area contributed by atoms with E-state index in [9.17, 15) is 9.59 Å². The van der Waals surface area contributed by atoms with Gasteiger partial charge in [0.15, 0.2) is 0 Å². The summed E-state index contributed by atoms with van der Waals surface area (Å²) in [6.45, 7) is 1.13. The number of anilines is 1. The molecule has 1 aliphatic rings. The second-order valence-corrected chi connectivity index (χ2v) is 8.58. The minimum atomic E-state index is -0.174. The number of carbonyl (C=O) groups is 2. The van der Waals surface area contributed by atoms with Gasteiger partial charge >= 0.3 is 0 Å². The van der Waals surface area contributed by atoms with Gasteiger partial charge in [-0.1, -0.05) is 54.6 Å². The molecule has 34 heavy (non-hydrogen) atoms. The Morgan fingerprint density at radius 3 is 2.53 bits per heavy atom. The van der Waals surface area contributed by atoms with Crippen LogP contribution in [-0.4, -0.2) is 21.6 Å². The summed E-state index contributed by atoms with van der Waals surface area (Å²) in [4.78, 5) is 24.8. The van der Waals surface area contributed by atoms with Gasteiger partial charge in [-0.05, 0) is 59.4 Å². The van der Waals surface area contributed by atoms with Crippen molar-refractivity contribution in [2.24, 2.45) is 5.92 Å². The van der Waals surface area contributed by atoms with Crippen molar-refractivity contribution in [1.82, 2.24) is 15.1 Å². The number of amides is 2. The highest BCUT2D eigenvalue weighted by atomic mass is 16.2. The Balaban J connectivity index is 1.25. The van der Waals surface area contributed by atoms with Crippen molar-refractivity contribution in [2.75, 3.05) is 5.32 Å². The van der Waals surface area contributed by atoms with E-state index in [2.05, 4.69) is 46.1 Å². The highest BCUT2D eigenvalue weighted by molar-refractivity contribution is 5.98. The van der Waals surface area contributed by atoms with Gasteiger partial charge in [0.2, 0.25) is 5.91 Å². The van der Waals surface area contributed by atoms with E-state index >= 15 is 0 Å². The van der Waals surface area contributed by atoms with Crippen molar-refractivity contribution >= 4 is 17.5 Å². The molecule has 1 heterocycles. The molecule has 1 aromatic heterocycles. The maximum absolute atomic E-state index is 12.8. The summed E-state index contributed by atoms with van der Waals surface area (Å²) in [6.07, 6.45) is 5.61. The normalized spacial score (nSPS) is 12.8. The van der Waals surface area contributed by atoms with Gasteiger partial charge in [-0.15, -0.1) is 0 Å². The van der Waals surface area contributed by atoms with Crippen LogP contribution in [0.4, 0.5) is 5.69 Å². The average Bonchev–Trinajstić information content (AvgIpc) is 3.61. The number of benzene rings is 3. The van der Waals surface area contributed by atoms with E-state index in [1.807, 2.05) is 41.2 Å². The van der Waals surface area contributed by atoms with Crippen LogP contribution in [0.5, 0.6) is 0 Å². The first-order valence-electron chi connectivity index (χ1n) is 11.5. The van der Waals surface area contributed by atoms with Crippen LogP contribution in [0, 0.1) is 5.92 Å². The zero-order valence-corrected chi connectivity index (χ0v) is 18.8. The first-order valence-corrected chi connectivity index (χ1v) is 11.5. The van der Waals surface area contributed by atoms with Crippen molar-refractivity contribution in [3.8, 4) is 11.1 Å². The van der Waals surface area contributed by atoms with E-state index in [4.69, 9.17) is 0 Å². The Labute approximate surface area is 198 Å². The maximum atomic E-state index is 12.8. The Morgan fingerprint density at radius 2 is 1.76 bits per heavy atom. The zero-order chi connectivity index (χ0) is 23.3. The predicted octanol–water partition coefficient (Wildman–Crippen LogP) is 4.88. The number of nitrogens with one attached hydrogen (secondary N) is 2. The second kappa shape index (κ2) is 9.75. The molecule has 0 unspecified atom stereocenters. The predicted molar refractivity (Wildman–Crippen MR) is 132 cm³/mol. The Kier molecular flexibility index (Phi) is 6.21. The largest absolute Gasteiger partial charge is 0.348 e. The van der Waals surface area contributed by atoms with Crippen LogP contribution in [-0.2, 0) is 17.9 Å². The summed E-state index contributed by atoms with van der Waals surface area (Å²) >= 11 is 0. The second-order valence-electron chi connectivity index (χ2n) is 8.58. The summed E-state index contributed by atoms with van der Waals surface area (Å²) in [5, 5.41) is 10.2. The van der Waals surface area contributed by atoms with Gasteiger partial charge in [0.1, 0.15) is 0 Å². The van der Waals surface area contributed by atoms with Crippen molar-refractivity contribution in [1.29, 1.82) is 0 Å². The van der Waals surface area contributed by atoms with Gasteiger partial charge in [-0.25, -0.2) is 0 Å². The molecule has 0 radical (unpaired) electrons. The van der Waals surface area contributed by atoms with E-state index in [0.29, 0.717) is 17.8 Å². The third-order valence-corrected chi connectivity index (χ3v) is 5.97. The first-order chi connectivity index (χ1) is 16.7. The third kappa shape index (κ3) is 5.23. The lowest BCUT2D eigenvalue weighted by Gasteiger charge is -2.12. The Bertz CT molecular complexity index is 1290. The van der Waals surface area contributed by atoms with Crippen LogP contribution in [0.1, 0.15) is 34.3 Å². The minimum absolute atomic E-state index is 0.0297. The molecule has 1 aliphatic carbocycles. The fourth-order valence-corrected chi connectivity index (χ4v) is 3.93. The van der Waals surface area contributed by atoms with Crippen molar-refractivity contribution in [3.05, 3.63) is 108 Å². The van der Waals surface area contributed by atoms with Gasteiger partial charge in [0.05, 0.1) is 6.54 Å². The number of aromatic nitrogens is 2. The maximum Gasteiger partial charge on any atom is 0.251 e. The summed E-state index contributed by atoms with van der Waals surface area (Å²) in [7, 11) is 0. The Morgan fingerprint density at radius 1 is 0.941 bits per heavy atom. The molecule has 6 heteroatoms. The molecule has 0 saturated heterocycles. The molecule has 170 valence electrons. The smallest absolute Gasteiger partial charge is 0.251 e. The molecule has 0 aliphatic heterocycles. The van der Waals surface area contributed by atoms with Gasteiger partial charge in [-0.2, -0.15) is 5.10 Å².